The zero-order chi connectivity index (χ0) is 23.5. The molecule has 1 N–H and O–H groups in total. The highest BCUT2D eigenvalue weighted by Crippen LogP contribution is 2.12. The van der Waals surface area contributed by atoms with Crippen molar-refractivity contribution in [2.24, 2.45) is 0 Å². The fourth-order valence-corrected chi connectivity index (χ4v) is 3.86. The normalized spacial score (nSPS) is 11.1. The van der Waals surface area contributed by atoms with Crippen molar-refractivity contribution in [2.75, 3.05) is 6.54 Å². The number of rotatable bonds is 7. The molecular weight excluding hydrogens is 452 g/mol. The average molecular weight is 473 g/mol. The Labute approximate surface area is 200 Å². The minimum atomic E-state index is -0.172. The number of hydrogen-bond acceptors (Lipinski definition) is 4. The van der Waals surface area contributed by atoms with Gasteiger partial charge in [-0.2, -0.15) is 5.10 Å². The number of amides is 1. The van der Waals surface area contributed by atoms with E-state index in [1.165, 1.54) is 17.1 Å². The third-order valence-corrected chi connectivity index (χ3v) is 5.78. The third kappa shape index (κ3) is 4.49. The molecule has 0 radical (unpaired) electrons. The summed E-state index contributed by atoms with van der Waals surface area (Å²) in [6.07, 6.45) is 6.93. The second-order valence-electron chi connectivity index (χ2n) is 7.80. The van der Waals surface area contributed by atoms with Gasteiger partial charge in [0, 0.05) is 35.2 Å². The van der Waals surface area contributed by atoms with Gasteiger partial charge in [-0.05, 0) is 54.1 Å². The maximum atomic E-state index is 12.9. The van der Waals surface area contributed by atoms with Crippen LogP contribution >= 0.6 is 11.6 Å². The number of benzene rings is 2. The minimum Gasteiger partial charge on any atom is -0.350 e. The van der Waals surface area contributed by atoms with Gasteiger partial charge in [0.05, 0.1) is 19.3 Å². The van der Waals surface area contributed by atoms with Crippen molar-refractivity contribution in [2.45, 2.75) is 13.1 Å². The zero-order valence-corrected chi connectivity index (χ0v) is 18.9. The highest BCUT2D eigenvalue weighted by Gasteiger charge is 2.11. The number of hydrogen-bond donors (Lipinski definition) is 1. The molecule has 9 heteroatoms. The van der Waals surface area contributed by atoms with E-state index < -0.39 is 0 Å². The zero-order valence-electron chi connectivity index (χ0n) is 18.1. The molecule has 0 aliphatic carbocycles. The lowest BCUT2D eigenvalue weighted by atomic mass is 10.2. The number of carbonyl (C=O) groups excluding carboxylic acids is 1. The number of nitrogens with one attached hydrogen (secondary N) is 1. The van der Waals surface area contributed by atoms with Gasteiger partial charge < -0.3 is 9.88 Å². The van der Waals surface area contributed by atoms with Crippen LogP contribution in [-0.4, -0.2) is 36.4 Å². The highest BCUT2D eigenvalue weighted by atomic mass is 35.5. The number of halogens is 1. The molecule has 1 amide bonds. The van der Waals surface area contributed by atoms with Crippen LogP contribution in [-0.2, 0) is 13.1 Å². The van der Waals surface area contributed by atoms with Crippen molar-refractivity contribution in [1.82, 2.24) is 29.2 Å². The Balaban J connectivity index is 1.23. The average Bonchev–Trinajstić information content (AvgIpc) is 3.53. The Morgan fingerprint density at radius 3 is 2.47 bits per heavy atom. The van der Waals surface area contributed by atoms with Crippen LogP contribution in [0, 0.1) is 0 Å². The predicted octanol–water partition coefficient (Wildman–Crippen LogP) is 3.52. The topological polar surface area (TPSA) is 86.7 Å². The SMILES string of the molecule is O=C(NCCn1ncc2c(=O)n(Cc3ccc(Cl)cc3)cnc21)c1ccc(-n2cccc2)cc1. The van der Waals surface area contributed by atoms with Crippen molar-refractivity contribution in [3.8, 4) is 5.69 Å². The van der Waals surface area contributed by atoms with Crippen LogP contribution in [0.3, 0.4) is 0 Å². The lowest BCUT2D eigenvalue weighted by molar-refractivity contribution is 0.0952. The molecule has 2 aromatic carbocycles. The van der Waals surface area contributed by atoms with Crippen LogP contribution in [0.4, 0.5) is 0 Å². The van der Waals surface area contributed by atoms with Crippen LogP contribution in [0.5, 0.6) is 0 Å². The van der Waals surface area contributed by atoms with Crippen LogP contribution in [0.25, 0.3) is 16.7 Å². The molecule has 0 bridgehead atoms. The van der Waals surface area contributed by atoms with E-state index in [1.54, 1.807) is 28.9 Å². The summed E-state index contributed by atoms with van der Waals surface area (Å²) in [6.45, 7) is 1.14. The third-order valence-electron chi connectivity index (χ3n) is 5.53. The maximum Gasteiger partial charge on any atom is 0.264 e. The van der Waals surface area contributed by atoms with E-state index in [2.05, 4.69) is 15.4 Å². The molecule has 170 valence electrons. The quantitative estimate of drug-likeness (QED) is 0.392. The van der Waals surface area contributed by atoms with Gasteiger partial charge in [-0.15, -0.1) is 0 Å². The molecule has 0 spiro atoms. The van der Waals surface area contributed by atoms with E-state index in [-0.39, 0.29) is 11.5 Å². The summed E-state index contributed by atoms with van der Waals surface area (Å²) < 4.78 is 5.14. The van der Waals surface area contributed by atoms with Gasteiger partial charge >= 0.3 is 0 Å². The van der Waals surface area contributed by atoms with Gasteiger partial charge in [0.15, 0.2) is 5.65 Å². The van der Waals surface area contributed by atoms with Crippen LogP contribution < -0.4 is 10.9 Å². The van der Waals surface area contributed by atoms with Gasteiger partial charge in [0.1, 0.15) is 11.7 Å². The van der Waals surface area contributed by atoms with Gasteiger partial charge in [-0.3, -0.25) is 14.2 Å². The number of aromatic nitrogens is 5. The fourth-order valence-electron chi connectivity index (χ4n) is 3.73. The molecule has 3 heterocycles. The van der Waals surface area contributed by atoms with Crippen LogP contribution in [0.15, 0.2) is 90.4 Å². The standard InChI is InChI=1S/C25H21ClN6O2/c26-20-7-3-18(4-8-20)16-31-17-28-23-22(25(31)34)15-29-32(23)14-11-27-24(33)19-5-9-21(10-6-19)30-12-1-2-13-30/h1-10,12-13,15,17H,11,14,16H2,(H,27,33). The summed E-state index contributed by atoms with van der Waals surface area (Å²) in [7, 11) is 0. The number of fused-ring (bicyclic) bond motifs is 1. The first kappa shape index (κ1) is 21.7. The molecule has 5 rings (SSSR count). The molecule has 0 aliphatic rings. The summed E-state index contributed by atoms with van der Waals surface area (Å²) in [5.41, 5.74) is 2.83. The van der Waals surface area contributed by atoms with E-state index in [1.807, 2.05) is 53.4 Å². The van der Waals surface area contributed by atoms with Crippen LogP contribution in [0.1, 0.15) is 15.9 Å². The van der Waals surface area contributed by atoms with Crippen LogP contribution in [0.2, 0.25) is 5.02 Å². The van der Waals surface area contributed by atoms with Crippen molar-refractivity contribution in [3.05, 3.63) is 112 Å². The van der Waals surface area contributed by atoms with E-state index >= 15 is 0 Å². The molecule has 0 unspecified atom stereocenters. The molecular formula is C25H21ClN6O2. The van der Waals surface area contributed by atoms with Crippen molar-refractivity contribution in [3.63, 3.8) is 0 Å². The molecule has 0 saturated carbocycles. The molecule has 5 aromatic rings. The second-order valence-corrected chi connectivity index (χ2v) is 8.24. The number of carbonyl (C=O) groups is 1. The lowest BCUT2D eigenvalue weighted by Gasteiger charge is -2.08. The van der Waals surface area contributed by atoms with E-state index in [9.17, 15) is 9.59 Å². The predicted molar refractivity (Wildman–Crippen MR) is 130 cm³/mol. The number of nitrogens with zero attached hydrogens (tertiary/aromatic N) is 5. The Kier molecular flexibility index (Phi) is 5.97. The first-order valence-corrected chi connectivity index (χ1v) is 11.1. The highest BCUT2D eigenvalue weighted by molar-refractivity contribution is 6.30. The Bertz CT molecular complexity index is 1490. The van der Waals surface area contributed by atoms with Crippen molar-refractivity contribution >= 4 is 28.5 Å². The largest absolute Gasteiger partial charge is 0.350 e. The summed E-state index contributed by atoms with van der Waals surface area (Å²) in [5, 5.41) is 8.26. The minimum absolute atomic E-state index is 0.169. The van der Waals surface area contributed by atoms with Crippen molar-refractivity contribution < 1.29 is 4.79 Å². The van der Waals surface area contributed by atoms with Gasteiger partial charge in [-0.1, -0.05) is 23.7 Å². The Morgan fingerprint density at radius 2 is 1.74 bits per heavy atom. The molecule has 34 heavy (non-hydrogen) atoms. The van der Waals surface area contributed by atoms with E-state index in [0.717, 1.165) is 11.3 Å². The summed E-state index contributed by atoms with van der Waals surface area (Å²) >= 11 is 5.93. The molecule has 0 fully saturated rings. The first-order valence-electron chi connectivity index (χ1n) is 10.8. The van der Waals surface area contributed by atoms with E-state index in [0.29, 0.717) is 41.3 Å². The Hall–Kier alpha value is -4.17. The smallest absolute Gasteiger partial charge is 0.264 e. The van der Waals surface area contributed by atoms with E-state index in [4.69, 9.17) is 11.6 Å². The molecule has 0 atom stereocenters. The Morgan fingerprint density at radius 1 is 1.00 bits per heavy atom. The summed E-state index contributed by atoms with van der Waals surface area (Å²) in [4.78, 5) is 29.8. The molecule has 8 nitrogen and oxygen atoms in total. The van der Waals surface area contributed by atoms with Gasteiger partial charge in [-0.25, -0.2) is 9.67 Å². The fraction of sp³-hybridized carbons (Fsp3) is 0.120. The lowest BCUT2D eigenvalue weighted by Crippen LogP contribution is -2.27. The first-order chi connectivity index (χ1) is 16.6. The second kappa shape index (κ2) is 9.36. The van der Waals surface area contributed by atoms with Crippen molar-refractivity contribution in [1.29, 1.82) is 0 Å². The summed E-state index contributed by atoms with van der Waals surface area (Å²) in [6, 6.07) is 18.6. The summed E-state index contributed by atoms with van der Waals surface area (Å²) in [5.74, 6) is -0.172. The van der Waals surface area contributed by atoms with Gasteiger partial charge in [0.2, 0.25) is 0 Å². The van der Waals surface area contributed by atoms with Gasteiger partial charge in [0.25, 0.3) is 11.5 Å². The monoisotopic (exact) mass is 472 g/mol. The molecule has 0 aliphatic heterocycles. The molecule has 3 aromatic heterocycles. The maximum absolute atomic E-state index is 12.9. The molecule has 0 saturated heterocycles.